The Labute approximate surface area is 192 Å². The first-order valence-corrected chi connectivity index (χ1v) is 13.3. The van der Waals surface area contributed by atoms with Crippen LogP contribution < -0.4 is 10.6 Å². The lowest BCUT2D eigenvalue weighted by atomic mass is 9.96. The summed E-state index contributed by atoms with van der Waals surface area (Å²) in [5, 5.41) is 7.80. The minimum absolute atomic E-state index is 0.0143. The summed E-state index contributed by atoms with van der Waals surface area (Å²) in [6, 6.07) is 6.30. The van der Waals surface area contributed by atoms with E-state index in [2.05, 4.69) is 15.6 Å². The van der Waals surface area contributed by atoms with Crippen LogP contribution >= 0.6 is 11.3 Å². The fraction of sp³-hybridized carbons (Fsp3) is 0.500. The Morgan fingerprint density at radius 2 is 1.75 bits per heavy atom. The fourth-order valence-electron chi connectivity index (χ4n) is 3.89. The number of nitrogens with one attached hydrogen (secondary N) is 2. The second-order valence-electron chi connectivity index (χ2n) is 8.47. The number of hydrogen-bond acceptors (Lipinski definition) is 6. The van der Waals surface area contributed by atoms with Crippen LogP contribution in [-0.4, -0.2) is 42.6 Å². The Bertz CT molecular complexity index is 1070. The van der Waals surface area contributed by atoms with E-state index in [1.807, 2.05) is 0 Å². The Kier molecular flexibility index (Phi) is 6.92. The number of rotatable bonds is 8. The van der Waals surface area contributed by atoms with Crippen molar-refractivity contribution in [1.82, 2.24) is 9.29 Å². The fourth-order valence-corrected chi connectivity index (χ4v) is 6.01. The third-order valence-corrected chi connectivity index (χ3v) is 8.71. The SMILES string of the molecule is CN(C1CCCCC1)S(=O)(=O)c1ccc(NC(=O)Cc2csc(NC(=O)C3CC3)n2)cc1. The molecule has 2 aliphatic rings. The highest BCUT2D eigenvalue weighted by molar-refractivity contribution is 7.89. The van der Waals surface area contributed by atoms with E-state index in [1.54, 1.807) is 24.6 Å². The average molecular weight is 477 g/mol. The highest BCUT2D eigenvalue weighted by atomic mass is 32.2. The number of carbonyl (C=O) groups is 2. The first-order valence-electron chi connectivity index (χ1n) is 11.0. The molecular formula is C22H28N4O4S2. The van der Waals surface area contributed by atoms with E-state index >= 15 is 0 Å². The van der Waals surface area contributed by atoms with Gasteiger partial charge in [-0.15, -0.1) is 11.3 Å². The molecular weight excluding hydrogens is 448 g/mol. The molecule has 2 fully saturated rings. The van der Waals surface area contributed by atoms with Crippen LogP contribution in [0.3, 0.4) is 0 Å². The van der Waals surface area contributed by atoms with Gasteiger partial charge in [0.05, 0.1) is 17.0 Å². The molecule has 2 saturated carbocycles. The van der Waals surface area contributed by atoms with Gasteiger partial charge in [-0.1, -0.05) is 19.3 Å². The lowest BCUT2D eigenvalue weighted by molar-refractivity contribution is -0.117. The molecule has 2 aliphatic carbocycles. The summed E-state index contributed by atoms with van der Waals surface area (Å²) in [6.45, 7) is 0. The minimum atomic E-state index is -3.56. The third kappa shape index (κ3) is 5.54. The van der Waals surface area contributed by atoms with Crippen LogP contribution in [0.15, 0.2) is 34.5 Å². The summed E-state index contributed by atoms with van der Waals surface area (Å²) in [5.41, 5.74) is 1.10. The van der Waals surface area contributed by atoms with Crippen molar-refractivity contribution in [2.24, 2.45) is 5.92 Å². The summed E-state index contributed by atoms with van der Waals surface area (Å²) in [4.78, 5) is 28.7. The highest BCUT2D eigenvalue weighted by Gasteiger charge is 2.30. The van der Waals surface area contributed by atoms with Gasteiger partial charge in [0, 0.05) is 30.1 Å². The molecule has 2 aromatic rings. The van der Waals surface area contributed by atoms with Crippen molar-refractivity contribution in [3.05, 3.63) is 35.3 Å². The monoisotopic (exact) mass is 476 g/mol. The van der Waals surface area contributed by atoms with Crippen molar-refractivity contribution in [2.45, 2.75) is 62.3 Å². The third-order valence-electron chi connectivity index (χ3n) is 5.98. The zero-order chi connectivity index (χ0) is 22.7. The van der Waals surface area contributed by atoms with E-state index in [-0.39, 0.29) is 35.1 Å². The largest absolute Gasteiger partial charge is 0.326 e. The molecule has 0 atom stereocenters. The van der Waals surface area contributed by atoms with E-state index < -0.39 is 10.0 Å². The van der Waals surface area contributed by atoms with Crippen molar-refractivity contribution in [1.29, 1.82) is 0 Å². The summed E-state index contributed by atoms with van der Waals surface area (Å²) < 4.78 is 27.4. The smallest absolute Gasteiger partial charge is 0.243 e. The minimum Gasteiger partial charge on any atom is -0.326 e. The van der Waals surface area contributed by atoms with Crippen molar-refractivity contribution in [2.75, 3.05) is 17.7 Å². The van der Waals surface area contributed by atoms with E-state index in [9.17, 15) is 18.0 Å². The van der Waals surface area contributed by atoms with Crippen molar-refractivity contribution in [3.8, 4) is 0 Å². The molecule has 4 rings (SSSR count). The second kappa shape index (κ2) is 9.68. The number of thiazole rings is 1. The molecule has 1 aromatic heterocycles. The van der Waals surface area contributed by atoms with Crippen LogP contribution in [-0.2, 0) is 26.0 Å². The van der Waals surface area contributed by atoms with Gasteiger partial charge in [0.15, 0.2) is 5.13 Å². The van der Waals surface area contributed by atoms with Crippen LogP contribution in [0, 0.1) is 5.92 Å². The molecule has 32 heavy (non-hydrogen) atoms. The van der Waals surface area contributed by atoms with Crippen molar-refractivity contribution >= 4 is 44.0 Å². The van der Waals surface area contributed by atoms with E-state index in [1.165, 1.54) is 27.8 Å². The molecule has 0 spiro atoms. The maximum absolute atomic E-state index is 12.9. The number of hydrogen-bond donors (Lipinski definition) is 2. The van der Waals surface area contributed by atoms with Crippen LogP contribution in [0.2, 0.25) is 0 Å². The summed E-state index contributed by atoms with van der Waals surface area (Å²) in [6.07, 6.45) is 6.98. The number of amides is 2. The van der Waals surface area contributed by atoms with Crippen LogP contribution in [0.4, 0.5) is 10.8 Å². The molecule has 172 valence electrons. The van der Waals surface area contributed by atoms with Crippen LogP contribution in [0.1, 0.15) is 50.6 Å². The molecule has 0 bridgehead atoms. The maximum Gasteiger partial charge on any atom is 0.243 e. The number of sulfonamides is 1. The van der Waals surface area contributed by atoms with E-state index in [0.717, 1.165) is 44.9 Å². The predicted octanol–water partition coefficient (Wildman–Crippen LogP) is 3.63. The zero-order valence-electron chi connectivity index (χ0n) is 18.0. The maximum atomic E-state index is 12.9. The number of benzene rings is 1. The van der Waals surface area contributed by atoms with Crippen molar-refractivity contribution in [3.63, 3.8) is 0 Å². The molecule has 2 N–H and O–H groups in total. The second-order valence-corrected chi connectivity index (χ2v) is 11.3. The van der Waals surface area contributed by atoms with Gasteiger partial charge in [-0.25, -0.2) is 13.4 Å². The standard InChI is InChI=1S/C22H28N4O4S2/c1-26(18-5-3-2-4-6-18)32(29,30)19-11-9-16(10-12-19)23-20(27)13-17-14-31-22(24-17)25-21(28)15-7-8-15/h9-12,14-15,18H,2-8,13H2,1H3,(H,23,27)(H,24,25,28). The normalized spacial score (nSPS) is 17.3. The lowest BCUT2D eigenvalue weighted by Gasteiger charge is -2.30. The first-order chi connectivity index (χ1) is 15.3. The topological polar surface area (TPSA) is 108 Å². The van der Waals surface area contributed by atoms with Gasteiger partial charge in [-0.05, 0) is 49.9 Å². The van der Waals surface area contributed by atoms with E-state index in [0.29, 0.717) is 16.5 Å². The Hall–Kier alpha value is -2.30. The molecule has 0 unspecified atom stereocenters. The Morgan fingerprint density at radius 1 is 1.06 bits per heavy atom. The number of aromatic nitrogens is 1. The molecule has 10 heteroatoms. The molecule has 0 saturated heterocycles. The Balaban J connectivity index is 1.32. The predicted molar refractivity (Wildman–Crippen MR) is 124 cm³/mol. The van der Waals surface area contributed by atoms with Gasteiger partial charge >= 0.3 is 0 Å². The summed E-state index contributed by atoms with van der Waals surface area (Å²) in [7, 11) is -1.91. The number of carbonyl (C=O) groups excluding carboxylic acids is 2. The first kappa shape index (κ1) is 22.9. The van der Waals surface area contributed by atoms with E-state index in [4.69, 9.17) is 0 Å². The molecule has 1 aromatic carbocycles. The number of nitrogens with zero attached hydrogens (tertiary/aromatic N) is 2. The van der Waals surface area contributed by atoms with Gasteiger partial charge in [-0.2, -0.15) is 4.31 Å². The zero-order valence-corrected chi connectivity index (χ0v) is 19.7. The van der Waals surface area contributed by atoms with Gasteiger partial charge in [0.1, 0.15) is 0 Å². The highest BCUT2D eigenvalue weighted by Crippen LogP contribution is 2.31. The number of anilines is 2. The van der Waals surface area contributed by atoms with Gasteiger partial charge in [0.2, 0.25) is 21.8 Å². The van der Waals surface area contributed by atoms with Gasteiger partial charge in [0.25, 0.3) is 0 Å². The quantitative estimate of drug-likeness (QED) is 0.605. The summed E-state index contributed by atoms with van der Waals surface area (Å²) in [5.74, 6) is -0.176. The van der Waals surface area contributed by atoms with Crippen molar-refractivity contribution < 1.29 is 18.0 Å². The lowest BCUT2D eigenvalue weighted by Crippen LogP contribution is -2.38. The summed E-state index contributed by atoms with van der Waals surface area (Å²) >= 11 is 1.30. The van der Waals surface area contributed by atoms with Crippen LogP contribution in [0.25, 0.3) is 0 Å². The molecule has 2 amide bonds. The van der Waals surface area contributed by atoms with Gasteiger partial charge in [-0.3, -0.25) is 9.59 Å². The molecule has 0 aliphatic heterocycles. The molecule has 1 heterocycles. The Morgan fingerprint density at radius 3 is 2.41 bits per heavy atom. The van der Waals surface area contributed by atoms with Gasteiger partial charge < -0.3 is 10.6 Å². The van der Waals surface area contributed by atoms with Crippen LogP contribution in [0.5, 0.6) is 0 Å². The average Bonchev–Trinajstić information content (AvgIpc) is 3.55. The molecule has 0 radical (unpaired) electrons. The molecule has 8 nitrogen and oxygen atoms in total.